The van der Waals surface area contributed by atoms with Crippen molar-refractivity contribution in [2.24, 2.45) is 5.92 Å². The molecule has 5 nitrogen and oxygen atoms in total. The summed E-state index contributed by atoms with van der Waals surface area (Å²) >= 11 is 0. The number of ether oxygens (including phenoxy) is 1. The molecule has 0 aliphatic heterocycles. The molecule has 1 aliphatic carbocycles. The maximum atomic E-state index is 12.5. The molecule has 0 unspecified atom stereocenters. The molecule has 0 aromatic heterocycles. The Bertz CT molecular complexity index is 600. The van der Waals surface area contributed by atoms with Crippen LogP contribution in [0.4, 0.5) is 11.4 Å². The average molecular weight is 332 g/mol. The number of benzene rings is 1. The van der Waals surface area contributed by atoms with Crippen molar-refractivity contribution in [1.29, 1.82) is 0 Å². The molecule has 0 heterocycles. The lowest BCUT2D eigenvalue weighted by atomic mass is 9.88. The van der Waals surface area contributed by atoms with Crippen molar-refractivity contribution < 1.29 is 14.3 Å². The van der Waals surface area contributed by atoms with Crippen LogP contribution in [0.2, 0.25) is 0 Å². The fourth-order valence-corrected chi connectivity index (χ4v) is 3.15. The Labute approximate surface area is 144 Å². The van der Waals surface area contributed by atoms with Crippen molar-refractivity contribution in [3.8, 4) is 0 Å². The van der Waals surface area contributed by atoms with E-state index in [0.29, 0.717) is 17.3 Å². The van der Waals surface area contributed by atoms with Crippen LogP contribution in [0.15, 0.2) is 18.2 Å². The zero-order valence-electron chi connectivity index (χ0n) is 15.0. The highest BCUT2D eigenvalue weighted by atomic mass is 16.5. The topological polar surface area (TPSA) is 67.4 Å². The summed E-state index contributed by atoms with van der Waals surface area (Å²) in [5.41, 5.74) is 2.21. The Balaban J connectivity index is 2.00. The average Bonchev–Trinajstić information content (AvgIpc) is 2.49. The van der Waals surface area contributed by atoms with Crippen LogP contribution in [0.1, 0.15) is 52.0 Å². The smallest absolute Gasteiger partial charge is 0.253 e. The molecular weight excluding hydrogens is 304 g/mol. The maximum absolute atomic E-state index is 12.5. The third-order valence-corrected chi connectivity index (χ3v) is 4.40. The number of amides is 2. The fourth-order valence-electron chi connectivity index (χ4n) is 3.15. The van der Waals surface area contributed by atoms with Crippen LogP contribution >= 0.6 is 0 Å². The van der Waals surface area contributed by atoms with Gasteiger partial charge in [-0.25, -0.2) is 0 Å². The first kappa shape index (κ1) is 18.5. The van der Waals surface area contributed by atoms with Gasteiger partial charge in [0.2, 0.25) is 5.91 Å². The summed E-state index contributed by atoms with van der Waals surface area (Å²) in [6, 6.07) is 5.53. The van der Waals surface area contributed by atoms with E-state index in [-0.39, 0.29) is 17.9 Å². The summed E-state index contributed by atoms with van der Waals surface area (Å²) in [4.78, 5) is 23.8. The third-order valence-electron chi connectivity index (χ3n) is 4.40. The van der Waals surface area contributed by atoms with Crippen molar-refractivity contribution in [1.82, 2.24) is 0 Å². The molecule has 132 valence electrons. The van der Waals surface area contributed by atoms with Crippen LogP contribution in [-0.2, 0) is 14.3 Å². The van der Waals surface area contributed by atoms with Gasteiger partial charge in [-0.15, -0.1) is 0 Å². The molecule has 2 N–H and O–H groups in total. The van der Waals surface area contributed by atoms with Crippen molar-refractivity contribution in [2.45, 2.75) is 65.6 Å². The molecule has 1 aliphatic rings. The highest BCUT2D eigenvalue weighted by molar-refractivity contribution is 6.00. The van der Waals surface area contributed by atoms with E-state index in [4.69, 9.17) is 4.74 Å². The molecule has 3 atom stereocenters. The van der Waals surface area contributed by atoms with Crippen LogP contribution in [0, 0.1) is 12.8 Å². The van der Waals surface area contributed by atoms with Gasteiger partial charge in [0.15, 0.2) is 0 Å². The zero-order chi connectivity index (χ0) is 17.7. The minimum absolute atomic E-state index is 0.154. The predicted molar refractivity (Wildman–Crippen MR) is 96.1 cm³/mol. The first-order valence-electron chi connectivity index (χ1n) is 8.69. The van der Waals surface area contributed by atoms with Crippen LogP contribution in [0.5, 0.6) is 0 Å². The largest absolute Gasteiger partial charge is 0.365 e. The molecule has 2 amide bonds. The number of rotatable bonds is 5. The highest BCUT2D eigenvalue weighted by Gasteiger charge is 2.24. The van der Waals surface area contributed by atoms with Gasteiger partial charge in [0.05, 0.1) is 17.5 Å². The summed E-state index contributed by atoms with van der Waals surface area (Å²) < 4.78 is 5.95. The summed E-state index contributed by atoms with van der Waals surface area (Å²) in [7, 11) is 0. The molecule has 1 saturated carbocycles. The standard InChI is InChI=1S/C19H28N2O3/c1-12-6-5-7-16(10-12)24-14(3)19(23)21-18-11-13(2)8-9-17(18)20-15(4)22/h8-9,11-12,14,16H,5-7,10H2,1-4H3,(H,20,22)(H,21,23)/t12-,14+,16-/m1/s1. The van der Waals surface area contributed by atoms with Gasteiger partial charge >= 0.3 is 0 Å². The minimum Gasteiger partial charge on any atom is -0.365 e. The Morgan fingerprint density at radius 3 is 2.62 bits per heavy atom. The second kappa shape index (κ2) is 8.29. The summed E-state index contributed by atoms with van der Waals surface area (Å²) in [6.45, 7) is 7.40. The number of nitrogens with one attached hydrogen (secondary N) is 2. The molecular formula is C19H28N2O3. The fraction of sp³-hybridized carbons (Fsp3) is 0.579. The molecule has 0 saturated heterocycles. The van der Waals surface area contributed by atoms with Crippen molar-refractivity contribution >= 4 is 23.2 Å². The van der Waals surface area contributed by atoms with Crippen LogP contribution in [0.3, 0.4) is 0 Å². The Morgan fingerprint density at radius 1 is 1.21 bits per heavy atom. The highest BCUT2D eigenvalue weighted by Crippen LogP contribution is 2.27. The van der Waals surface area contributed by atoms with E-state index in [1.807, 2.05) is 19.1 Å². The second-order valence-electron chi connectivity index (χ2n) is 6.89. The zero-order valence-corrected chi connectivity index (χ0v) is 15.0. The van der Waals surface area contributed by atoms with Gasteiger partial charge in [-0.3, -0.25) is 9.59 Å². The van der Waals surface area contributed by atoms with E-state index in [1.54, 1.807) is 13.0 Å². The summed E-state index contributed by atoms with van der Waals surface area (Å²) in [6.07, 6.45) is 4.06. The third kappa shape index (κ3) is 5.34. The number of aryl methyl sites for hydroxylation is 1. The molecule has 1 aromatic carbocycles. The van der Waals surface area contributed by atoms with E-state index < -0.39 is 6.10 Å². The normalized spacial score (nSPS) is 21.8. The molecule has 2 rings (SSSR count). The quantitative estimate of drug-likeness (QED) is 0.860. The minimum atomic E-state index is -0.522. The van der Waals surface area contributed by atoms with Gasteiger partial charge < -0.3 is 15.4 Å². The SMILES string of the molecule is CC(=O)Nc1ccc(C)cc1NC(=O)[C@H](C)O[C@@H]1CCC[C@@H](C)C1. The lowest BCUT2D eigenvalue weighted by Crippen LogP contribution is -2.33. The molecule has 0 radical (unpaired) electrons. The number of hydrogen-bond donors (Lipinski definition) is 2. The maximum Gasteiger partial charge on any atom is 0.253 e. The predicted octanol–water partition coefficient (Wildman–Crippen LogP) is 3.88. The molecule has 5 heteroatoms. The van der Waals surface area contributed by atoms with Gasteiger partial charge in [-0.1, -0.05) is 25.8 Å². The Kier molecular flexibility index (Phi) is 6.37. The van der Waals surface area contributed by atoms with Gasteiger partial charge in [0.1, 0.15) is 6.10 Å². The number of anilines is 2. The van der Waals surface area contributed by atoms with Crippen LogP contribution < -0.4 is 10.6 Å². The Hall–Kier alpha value is -1.88. The monoisotopic (exact) mass is 332 g/mol. The van der Waals surface area contributed by atoms with E-state index in [0.717, 1.165) is 24.8 Å². The number of carbonyl (C=O) groups is 2. The van der Waals surface area contributed by atoms with Crippen LogP contribution in [-0.4, -0.2) is 24.0 Å². The molecule has 1 aromatic rings. The van der Waals surface area contributed by atoms with E-state index in [9.17, 15) is 9.59 Å². The summed E-state index contributed by atoms with van der Waals surface area (Å²) in [5, 5.41) is 5.62. The molecule has 1 fully saturated rings. The van der Waals surface area contributed by atoms with Crippen LogP contribution in [0.25, 0.3) is 0 Å². The van der Waals surface area contributed by atoms with Gasteiger partial charge in [-0.2, -0.15) is 0 Å². The molecule has 24 heavy (non-hydrogen) atoms. The molecule has 0 bridgehead atoms. The number of carbonyl (C=O) groups excluding carboxylic acids is 2. The van der Waals surface area contributed by atoms with Crippen molar-refractivity contribution in [3.05, 3.63) is 23.8 Å². The van der Waals surface area contributed by atoms with Crippen molar-refractivity contribution in [3.63, 3.8) is 0 Å². The van der Waals surface area contributed by atoms with E-state index in [1.165, 1.54) is 13.3 Å². The van der Waals surface area contributed by atoms with Gasteiger partial charge in [-0.05, 0) is 50.3 Å². The summed E-state index contributed by atoms with van der Waals surface area (Å²) in [5.74, 6) is 0.294. The lowest BCUT2D eigenvalue weighted by Gasteiger charge is -2.29. The van der Waals surface area contributed by atoms with Crippen molar-refractivity contribution in [2.75, 3.05) is 10.6 Å². The Morgan fingerprint density at radius 2 is 1.96 bits per heavy atom. The van der Waals surface area contributed by atoms with E-state index in [2.05, 4.69) is 17.6 Å². The molecule has 0 spiro atoms. The second-order valence-corrected chi connectivity index (χ2v) is 6.89. The first-order chi connectivity index (χ1) is 11.3. The first-order valence-corrected chi connectivity index (χ1v) is 8.69. The van der Waals surface area contributed by atoms with Gasteiger partial charge in [0, 0.05) is 6.92 Å². The lowest BCUT2D eigenvalue weighted by molar-refractivity contribution is -0.131. The van der Waals surface area contributed by atoms with Gasteiger partial charge in [0.25, 0.3) is 5.91 Å². The van der Waals surface area contributed by atoms with E-state index >= 15 is 0 Å². The number of hydrogen-bond acceptors (Lipinski definition) is 3.